The van der Waals surface area contributed by atoms with Crippen molar-refractivity contribution >= 4 is 34.8 Å². The Morgan fingerprint density at radius 1 is 1.14 bits per heavy atom. The summed E-state index contributed by atoms with van der Waals surface area (Å²) in [7, 11) is 1.40. The topological polar surface area (TPSA) is 122 Å². The van der Waals surface area contributed by atoms with Crippen LogP contribution in [0.5, 0.6) is 0 Å². The van der Waals surface area contributed by atoms with E-state index in [1.54, 1.807) is 0 Å². The van der Waals surface area contributed by atoms with Gasteiger partial charge in [0.15, 0.2) is 11.3 Å². The predicted octanol–water partition coefficient (Wildman–Crippen LogP) is 4.20. The van der Waals surface area contributed by atoms with Crippen molar-refractivity contribution in [2.75, 3.05) is 30.4 Å². The monoisotopic (exact) mass is 527 g/mol. The summed E-state index contributed by atoms with van der Waals surface area (Å²) in [5, 5.41) is 2.82. The van der Waals surface area contributed by atoms with E-state index >= 15 is 0 Å². The first-order valence-electron chi connectivity index (χ1n) is 11.9. The molecule has 37 heavy (non-hydrogen) atoms. The number of rotatable bonds is 4. The van der Waals surface area contributed by atoms with Gasteiger partial charge in [0.05, 0.1) is 6.20 Å². The molecule has 0 bridgehead atoms. The number of imidazole rings is 1. The number of nitrogens with one attached hydrogen (secondary N) is 2. The van der Waals surface area contributed by atoms with Gasteiger partial charge in [0, 0.05) is 49.2 Å². The second-order valence-corrected chi connectivity index (χ2v) is 10.4. The second-order valence-electron chi connectivity index (χ2n) is 9.37. The summed E-state index contributed by atoms with van der Waals surface area (Å²) < 4.78 is 41.1. The Labute approximate surface area is 214 Å². The maximum absolute atomic E-state index is 13.7. The van der Waals surface area contributed by atoms with Crippen LogP contribution in [0.4, 0.5) is 24.9 Å². The number of piperidine rings is 1. The first-order valence-corrected chi connectivity index (χ1v) is 12.7. The SMILES string of the molecule is CNc1nccc(Sc2cnc3[nH]c(N4CCC5(CC4)Cc4ncccc4[C@H]5N)nc3n2)c1C(F)(F)F. The van der Waals surface area contributed by atoms with Crippen LogP contribution in [-0.2, 0) is 12.6 Å². The van der Waals surface area contributed by atoms with E-state index in [-0.39, 0.29) is 22.2 Å². The van der Waals surface area contributed by atoms with E-state index in [1.165, 1.54) is 25.5 Å². The Balaban J connectivity index is 1.21. The van der Waals surface area contributed by atoms with E-state index in [4.69, 9.17) is 5.73 Å². The van der Waals surface area contributed by atoms with E-state index in [9.17, 15) is 13.2 Å². The summed E-state index contributed by atoms with van der Waals surface area (Å²) in [5.41, 5.74) is 8.88. The van der Waals surface area contributed by atoms with Crippen LogP contribution in [0, 0.1) is 5.41 Å². The summed E-state index contributed by atoms with van der Waals surface area (Å²) in [6, 6.07) is 5.30. The molecule has 4 aromatic rings. The minimum atomic E-state index is -4.57. The molecule has 0 amide bonds. The third kappa shape index (κ3) is 4.15. The van der Waals surface area contributed by atoms with Crippen LogP contribution in [-0.4, -0.2) is 50.0 Å². The molecule has 0 aromatic carbocycles. The number of hydrogen-bond donors (Lipinski definition) is 3. The van der Waals surface area contributed by atoms with Gasteiger partial charge in [0.2, 0.25) is 5.95 Å². The molecule has 1 saturated heterocycles. The van der Waals surface area contributed by atoms with Crippen LogP contribution in [0.1, 0.15) is 35.7 Å². The average molecular weight is 528 g/mol. The smallest absolute Gasteiger partial charge is 0.373 e. The maximum atomic E-state index is 13.7. The summed E-state index contributed by atoms with van der Waals surface area (Å²) >= 11 is 0.876. The fourth-order valence-corrected chi connectivity index (χ4v) is 6.28. The van der Waals surface area contributed by atoms with Crippen LogP contribution in [0.15, 0.2) is 46.7 Å². The van der Waals surface area contributed by atoms with Gasteiger partial charge in [-0.25, -0.2) is 15.0 Å². The molecule has 9 nitrogen and oxygen atoms in total. The van der Waals surface area contributed by atoms with E-state index in [1.807, 2.05) is 12.3 Å². The van der Waals surface area contributed by atoms with E-state index < -0.39 is 11.7 Å². The summed E-state index contributed by atoms with van der Waals surface area (Å²) in [6.07, 6.45) is 2.71. The largest absolute Gasteiger partial charge is 0.421 e. The summed E-state index contributed by atoms with van der Waals surface area (Å²) in [5.74, 6) is 0.406. The molecule has 13 heteroatoms. The molecule has 0 saturated carbocycles. The fraction of sp³-hybridized carbons (Fsp3) is 0.375. The Hall–Kier alpha value is -3.45. The average Bonchev–Trinajstić information content (AvgIpc) is 3.42. The van der Waals surface area contributed by atoms with Gasteiger partial charge in [-0.15, -0.1) is 0 Å². The Kier molecular flexibility index (Phi) is 5.71. The predicted molar refractivity (Wildman–Crippen MR) is 133 cm³/mol. The standard InChI is InChI=1S/C24H24F3N9S/c1-29-19-17(24(25,26)27)15(4-8-31-19)37-16-12-32-20-21(33-16)35-22(34-20)36-9-5-23(6-10-36)11-14-13(18(23)28)3-2-7-30-14/h2-4,7-8,12,18H,5-6,9-11,28H2,1H3,(H,29,31)(H,32,33,34,35)/t18-/m1/s1. The number of nitrogens with two attached hydrogens (primary N) is 1. The van der Waals surface area contributed by atoms with E-state index in [0.29, 0.717) is 22.3 Å². The Bertz CT molecular complexity index is 1460. The molecule has 4 aromatic heterocycles. The van der Waals surface area contributed by atoms with Crippen molar-refractivity contribution in [2.45, 2.75) is 41.4 Å². The first kappa shape index (κ1) is 23.9. The lowest BCUT2D eigenvalue weighted by atomic mass is 9.73. The third-order valence-corrected chi connectivity index (χ3v) is 8.29. The van der Waals surface area contributed by atoms with Crippen molar-refractivity contribution in [2.24, 2.45) is 11.1 Å². The molecule has 192 valence electrons. The zero-order chi connectivity index (χ0) is 25.8. The zero-order valence-electron chi connectivity index (χ0n) is 19.9. The molecule has 0 radical (unpaired) electrons. The van der Waals surface area contributed by atoms with E-state index in [2.05, 4.69) is 46.2 Å². The lowest BCUT2D eigenvalue weighted by Crippen LogP contribution is -2.44. The molecule has 4 N–H and O–H groups in total. The first-order chi connectivity index (χ1) is 17.8. The van der Waals surface area contributed by atoms with Crippen LogP contribution in [0.2, 0.25) is 0 Å². The molecule has 1 aliphatic carbocycles. The number of nitrogens with zero attached hydrogens (tertiary/aromatic N) is 6. The van der Waals surface area contributed by atoms with Crippen molar-refractivity contribution in [1.82, 2.24) is 29.9 Å². The molecule has 1 aliphatic heterocycles. The molecule has 6 rings (SSSR count). The van der Waals surface area contributed by atoms with Crippen LogP contribution in [0.25, 0.3) is 11.3 Å². The highest BCUT2D eigenvalue weighted by molar-refractivity contribution is 7.99. The zero-order valence-corrected chi connectivity index (χ0v) is 20.7. The highest BCUT2D eigenvalue weighted by Crippen LogP contribution is 2.50. The van der Waals surface area contributed by atoms with Gasteiger partial charge in [0.1, 0.15) is 16.4 Å². The molecule has 5 heterocycles. The number of fused-ring (bicyclic) bond motifs is 2. The van der Waals surface area contributed by atoms with Gasteiger partial charge in [0.25, 0.3) is 0 Å². The molecule has 1 atom stereocenters. The quantitative estimate of drug-likeness (QED) is 0.359. The summed E-state index contributed by atoms with van der Waals surface area (Å²) in [6.45, 7) is 1.53. The van der Waals surface area contributed by atoms with Crippen molar-refractivity contribution < 1.29 is 13.2 Å². The number of aromatic amines is 1. The highest BCUT2D eigenvalue weighted by Gasteiger charge is 2.46. The van der Waals surface area contributed by atoms with Crippen molar-refractivity contribution in [3.05, 3.63) is 53.6 Å². The number of anilines is 2. The van der Waals surface area contributed by atoms with Gasteiger partial charge in [-0.3, -0.25) is 4.98 Å². The lowest BCUT2D eigenvalue weighted by Gasteiger charge is -2.41. The number of H-pyrrole nitrogens is 1. The second kappa shape index (κ2) is 8.84. The van der Waals surface area contributed by atoms with Crippen LogP contribution >= 0.6 is 11.8 Å². The minimum Gasteiger partial charge on any atom is -0.373 e. The number of alkyl halides is 3. The van der Waals surface area contributed by atoms with Crippen LogP contribution < -0.4 is 16.0 Å². The lowest BCUT2D eigenvalue weighted by molar-refractivity contribution is -0.139. The normalized spacial score (nSPS) is 18.9. The van der Waals surface area contributed by atoms with Crippen LogP contribution in [0.3, 0.4) is 0 Å². The van der Waals surface area contributed by atoms with E-state index in [0.717, 1.165) is 55.4 Å². The molecule has 1 fully saturated rings. The molecule has 0 unspecified atom stereocenters. The molecule has 1 spiro atoms. The van der Waals surface area contributed by atoms with Gasteiger partial charge in [-0.1, -0.05) is 17.8 Å². The van der Waals surface area contributed by atoms with Crippen molar-refractivity contribution in [3.63, 3.8) is 0 Å². The van der Waals surface area contributed by atoms with Crippen molar-refractivity contribution in [3.8, 4) is 0 Å². The maximum Gasteiger partial charge on any atom is 0.421 e. The number of aromatic nitrogens is 6. The summed E-state index contributed by atoms with van der Waals surface area (Å²) in [4.78, 5) is 27.1. The molecule has 2 aliphatic rings. The van der Waals surface area contributed by atoms with Gasteiger partial charge in [-0.05, 0) is 42.4 Å². The molecular weight excluding hydrogens is 503 g/mol. The Morgan fingerprint density at radius 2 is 1.95 bits per heavy atom. The number of halogens is 3. The van der Waals surface area contributed by atoms with Gasteiger partial charge >= 0.3 is 6.18 Å². The molecular formula is C24H24F3N9S. The Morgan fingerprint density at radius 3 is 2.68 bits per heavy atom. The minimum absolute atomic E-state index is 0.00750. The van der Waals surface area contributed by atoms with Crippen molar-refractivity contribution in [1.29, 1.82) is 0 Å². The highest BCUT2D eigenvalue weighted by atomic mass is 32.2. The number of hydrogen-bond acceptors (Lipinski definition) is 9. The number of pyridine rings is 2. The third-order valence-electron chi connectivity index (χ3n) is 7.32. The van der Waals surface area contributed by atoms with Gasteiger partial charge in [-0.2, -0.15) is 18.2 Å². The fourth-order valence-electron chi connectivity index (χ4n) is 5.37. The van der Waals surface area contributed by atoms with Gasteiger partial charge < -0.3 is 20.9 Å².